The Morgan fingerprint density at radius 3 is 2.25 bits per heavy atom. The van der Waals surface area contributed by atoms with Crippen molar-refractivity contribution < 1.29 is 0 Å². The van der Waals surface area contributed by atoms with Crippen LogP contribution in [0.2, 0.25) is 0 Å². The molecule has 0 fully saturated rings. The van der Waals surface area contributed by atoms with Crippen molar-refractivity contribution in [2.24, 2.45) is 0 Å². The van der Waals surface area contributed by atoms with E-state index in [0.717, 1.165) is 6.21 Å². The van der Waals surface area contributed by atoms with Crippen molar-refractivity contribution in [2.75, 3.05) is 0 Å². The monoisotopic (exact) mass is 194 g/mol. The van der Waals surface area contributed by atoms with E-state index in [0.29, 0.717) is 4.48 Å². The van der Waals surface area contributed by atoms with E-state index >= 15 is 0 Å². The molecule has 0 spiro atoms. The van der Waals surface area contributed by atoms with Gasteiger partial charge in [-0.25, -0.2) is 0 Å². The second kappa shape index (κ2) is 3.80. The number of halogens is 2. The van der Waals surface area contributed by atoms with Crippen LogP contribution in [0.5, 0.6) is 0 Å². The molecule has 8 heavy (non-hydrogen) atoms. The lowest BCUT2D eigenvalue weighted by molar-refractivity contribution is 1.55. The minimum atomic E-state index is -0.0830. The molecule has 44 valence electrons. The summed E-state index contributed by atoms with van der Waals surface area (Å²) in [5.41, 5.74) is 0. The lowest BCUT2D eigenvalue weighted by Gasteiger charge is -1.80. The summed E-state index contributed by atoms with van der Waals surface area (Å²) >= 11 is 8.10. The normalized spacial score (nSPS) is 11.0. The highest BCUT2D eigenvalue weighted by molar-refractivity contribution is 9.12. The minimum absolute atomic E-state index is 0.0830. The van der Waals surface area contributed by atoms with Crippen molar-refractivity contribution in [3.05, 3.63) is 10.6 Å². The molecule has 0 heterocycles. The van der Waals surface area contributed by atoms with Crippen molar-refractivity contribution in [2.45, 2.75) is 0 Å². The summed E-state index contributed by atoms with van der Waals surface area (Å²) in [5.74, 6) is 0. The number of allylic oxidation sites excluding steroid dienone is 2. The van der Waals surface area contributed by atoms with Crippen LogP contribution in [0.3, 0.4) is 0 Å². The molecule has 2 N–H and O–H groups in total. The van der Waals surface area contributed by atoms with Crippen molar-refractivity contribution in [1.82, 2.24) is 0 Å². The average molecular weight is 195 g/mol. The van der Waals surface area contributed by atoms with Crippen LogP contribution in [0.15, 0.2) is 10.6 Å². The Kier molecular flexibility index (Phi) is 3.73. The molecule has 0 saturated carbocycles. The SMILES string of the molecule is N=C/C(Br)=C\C(=N)Cl. The summed E-state index contributed by atoms with van der Waals surface area (Å²) in [6.45, 7) is 0. The molecule has 0 unspecified atom stereocenters. The molecule has 0 rings (SSSR count). The van der Waals surface area contributed by atoms with Gasteiger partial charge < -0.3 is 5.41 Å². The number of hydrogen-bond donors (Lipinski definition) is 2. The number of hydrogen-bond acceptors (Lipinski definition) is 2. The van der Waals surface area contributed by atoms with E-state index < -0.39 is 0 Å². The lowest BCUT2D eigenvalue weighted by Crippen LogP contribution is -1.77. The quantitative estimate of drug-likeness (QED) is 0.634. The maximum absolute atomic E-state index is 6.68. The molecule has 0 atom stereocenters. The predicted octanol–water partition coefficient (Wildman–Crippen LogP) is 2.13. The van der Waals surface area contributed by atoms with Gasteiger partial charge in [-0.05, 0) is 22.0 Å². The van der Waals surface area contributed by atoms with Crippen molar-refractivity contribution in [3.8, 4) is 0 Å². The second-order valence-corrected chi connectivity index (χ2v) is 2.34. The summed E-state index contributed by atoms with van der Waals surface area (Å²) in [6, 6.07) is 0. The van der Waals surface area contributed by atoms with E-state index in [1.165, 1.54) is 6.08 Å². The number of rotatable bonds is 2. The van der Waals surface area contributed by atoms with Crippen LogP contribution in [0.4, 0.5) is 0 Å². The second-order valence-electron chi connectivity index (χ2n) is 1.02. The van der Waals surface area contributed by atoms with Crippen LogP contribution in [0.25, 0.3) is 0 Å². The zero-order valence-corrected chi connectivity index (χ0v) is 6.25. The largest absolute Gasteiger partial charge is 0.308 e. The van der Waals surface area contributed by atoms with Crippen LogP contribution in [0.1, 0.15) is 0 Å². The topological polar surface area (TPSA) is 47.7 Å². The van der Waals surface area contributed by atoms with E-state index in [4.69, 9.17) is 22.4 Å². The molecule has 0 bridgehead atoms. The Morgan fingerprint density at radius 1 is 1.62 bits per heavy atom. The third kappa shape index (κ3) is 4.02. The molecule has 2 nitrogen and oxygen atoms in total. The summed E-state index contributed by atoms with van der Waals surface area (Å²) < 4.78 is 0.498. The third-order valence-electron chi connectivity index (χ3n) is 0.402. The zero-order chi connectivity index (χ0) is 6.57. The van der Waals surface area contributed by atoms with Gasteiger partial charge in [-0.1, -0.05) is 11.6 Å². The van der Waals surface area contributed by atoms with E-state index in [9.17, 15) is 0 Å². The first-order chi connectivity index (χ1) is 3.66. The van der Waals surface area contributed by atoms with Crippen LogP contribution in [-0.2, 0) is 0 Å². The first-order valence-electron chi connectivity index (χ1n) is 1.78. The van der Waals surface area contributed by atoms with Gasteiger partial charge in [-0.2, -0.15) is 0 Å². The Balaban J connectivity index is 3.94. The van der Waals surface area contributed by atoms with Crippen LogP contribution in [-0.4, -0.2) is 11.4 Å². The molecule has 0 aliphatic heterocycles. The molecule has 0 radical (unpaired) electrons. The molecule has 0 amide bonds. The molecule has 0 aromatic heterocycles. The predicted molar refractivity (Wildman–Crippen MR) is 39.4 cm³/mol. The molecule has 0 aromatic rings. The molecular formula is C4H4BrClN2. The molecule has 0 aromatic carbocycles. The highest BCUT2D eigenvalue weighted by Gasteiger charge is 1.84. The summed E-state index contributed by atoms with van der Waals surface area (Å²) in [6.07, 6.45) is 2.39. The van der Waals surface area contributed by atoms with Gasteiger partial charge in [-0.15, -0.1) is 0 Å². The van der Waals surface area contributed by atoms with E-state index in [1.807, 2.05) is 0 Å². The van der Waals surface area contributed by atoms with Gasteiger partial charge in [-0.3, -0.25) is 5.41 Å². The zero-order valence-electron chi connectivity index (χ0n) is 3.91. The standard InChI is InChI=1S/C4H4BrClN2/c5-3(2-7)1-4(6)8/h1-2,7-8H/b3-1+,7-2?,8-4?. The third-order valence-corrected chi connectivity index (χ3v) is 0.969. The average Bonchev–Trinajstić information content (AvgIpc) is 1.65. The van der Waals surface area contributed by atoms with Gasteiger partial charge in [0.2, 0.25) is 0 Å². The van der Waals surface area contributed by atoms with Gasteiger partial charge in [0.25, 0.3) is 0 Å². The Labute approximate surface area is 60.7 Å². The van der Waals surface area contributed by atoms with Crippen molar-refractivity contribution in [1.29, 1.82) is 10.8 Å². The fraction of sp³-hybridized carbons (Fsp3) is 0. The van der Waals surface area contributed by atoms with Crippen LogP contribution < -0.4 is 0 Å². The van der Waals surface area contributed by atoms with Gasteiger partial charge in [0.1, 0.15) is 5.17 Å². The van der Waals surface area contributed by atoms with Crippen molar-refractivity contribution in [3.63, 3.8) is 0 Å². The van der Waals surface area contributed by atoms with Crippen molar-refractivity contribution >= 4 is 38.9 Å². The van der Waals surface area contributed by atoms with Crippen LogP contribution >= 0.6 is 27.5 Å². The smallest absolute Gasteiger partial charge is 0.121 e. The van der Waals surface area contributed by atoms with E-state index in [2.05, 4.69) is 15.9 Å². The Morgan fingerprint density at radius 2 is 2.12 bits per heavy atom. The van der Waals surface area contributed by atoms with Gasteiger partial charge in [0, 0.05) is 10.7 Å². The van der Waals surface area contributed by atoms with Gasteiger partial charge in [0.05, 0.1) is 0 Å². The van der Waals surface area contributed by atoms with E-state index in [1.54, 1.807) is 0 Å². The molecule has 4 heteroatoms. The maximum atomic E-state index is 6.68. The highest BCUT2D eigenvalue weighted by atomic mass is 79.9. The lowest BCUT2D eigenvalue weighted by atomic mass is 10.5. The first-order valence-corrected chi connectivity index (χ1v) is 2.95. The fourth-order valence-corrected chi connectivity index (χ4v) is 0.641. The first kappa shape index (κ1) is 7.85. The summed E-state index contributed by atoms with van der Waals surface area (Å²) in [7, 11) is 0. The van der Waals surface area contributed by atoms with Crippen LogP contribution in [0, 0.1) is 10.8 Å². The highest BCUT2D eigenvalue weighted by Crippen LogP contribution is 2.00. The molecular weight excluding hydrogens is 191 g/mol. The minimum Gasteiger partial charge on any atom is -0.308 e. The van der Waals surface area contributed by atoms with Gasteiger partial charge in [0.15, 0.2) is 0 Å². The van der Waals surface area contributed by atoms with Gasteiger partial charge >= 0.3 is 0 Å². The maximum Gasteiger partial charge on any atom is 0.121 e. The summed E-state index contributed by atoms with van der Waals surface area (Å²) in [4.78, 5) is 0. The Hall–Kier alpha value is -0.150. The molecule has 0 aliphatic rings. The number of nitrogens with one attached hydrogen (secondary N) is 2. The molecule has 0 saturated heterocycles. The molecule has 0 aliphatic carbocycles. The Bertz CT molecular complexity index is 141. The fourth-order valence-electron chi connectivity index (χ4n) is 0.163. The summed E-state index contributed by atoms with van der Waals surface area (Å²) in [5, 5.41) is 13.2. The van der Waals surface area contributed by atoms with E-state index in [-0.39, 0.29) is 5.17 Å².